The van der Waals surface area contributed by atoms with E-state index in [0.717, 1.165) is 16.5 Å². The highest BCUT2D eigenvalue weighted by molar-refractivity contribution is 7.99. The highest BCUT2D eigenvalue weighted by Crippen LogP contribution is 2.15. The summed E-state index contributed by atoms with van der Waals surface area (Å²) in [7, 11) is 0. The highest BCUT2D eigenvalue weighted by Gasteiger charge is 2.04. The normalized spacial score (nSPS) is 10.3. The van der Waals surface area contributed by atoms with Crippen LogP contribution in [0.4, 0.5) is 5.82 Å². The van der Waals surface area contributed by atoms with Crippen LogP contribution in [0.3, 0.4) is 0 Å². The van der Waals surface area contributed by atoms with Crippen molar-refractivity contribution in [1.29, 1.82) is 0 Å². The fourth-order valence-electron chi connectivity index (χ4n) is 1.34. The quantitative estimate of drug-likeness (QED) is 0.914. The summed E-state index contributed by atoms with van der Waals surface area (Å²) in [5.41, 5.74) is 1.04. The second kappa shape index (κ2) is 6.51. The van der Waals surface area contributed by atoms with Gasteiger partial charge in [0.05, 0.1) is 16.5 Å². The van der Waals surface area contributed by atoms with Crippen LogP contribution >= 0.6 is 23.1 Å². The highest BCUT2D eigenvalue weighted by atomic mass is 32.2. The number of carbonyl (C=O) groups is 1. The van der Waals surface area contributed by atoms with Crippen molar-refractivity contribution < 1.29 is 4.79 Å². The summed E-state index contributed by atoms with van der Waals surface area (Å²) in [6, 6.07) is 5.43. The molecule has 0 unspecified atom stereocenters. The molecule has 0 aliphatic rings. The fraction of sp³-hybridized carbons (Fsp3) is 0.250. The molecule has 0 atom stereocenters. The maximum absolute atomic E-state index is 11.6. The zero-order chi connectivity index (χ0) is 12.8. The first kappa shape index (κ1) is 13.0. The summed E-state index contributed by atoms with van der Waals surface area (Å²) in [5, 5.41) is 5.83. The van der Waals surface area contributed by atoms with Crippen LogP contribution in [0.2, 0.25) is 0 Å². The second-order valence-corrected chi connectivity index (χ2v) is 5.66. The molecule has 1 N–H and O–H groups in total. The number of hydrogen-bond donors (Lipinski definition) is 1. The average molecular weight is 279 g/mol. The molecule has 0 saturated carbocycles. The van der Waals surface area contributed by atoms with E-state index in [1.54, 1.807) is 35.4 Å². The van der Waals surface area contributed by atoms with Gasteiger partial charge >= 0.3 is 0 Å². The predicted octanol–water partition coefficient (Wildman–Crippen LogP) is 2.72. The lowest BCUT2D eigenvalue weighted by molar-refractivity contribution is -0.113. The van der Waals surface area contributed by atoms with E-state index in [1.807, 2.05) is 24.4 Å². The minimum atomic E-state index is -0.0364. The molecule has 0 aliphatic carbocycles. The van der Waals surface area contributed by atoms with Crippen LogP contribution < -0.4 is 5.32 Å². The standard InChI is InChI=1S/C12H13N3OS2/c1-9-14-10(7-18-9)6-17-8-12(16)15-11-4-2-3-5-13-11/h2-5,7H,6,8H2,1H3,(H,13,15,16). The van der Waals surface area contributed by atoms with Crippen LogP contribution in [-0.2, 0) is 10.5 Å². The van der Waals surface area contributed by atoms with E-state index in [9.17, 15) is 4.79 Å². The number of nitrogens with one attached hydrogen (secondary N) is 1. The molecular weight excluding hydrogens is 266 g/mol. The minimum absolute atomic E-state index is 0.0364. The van der Waals surface area contributed by atoms with Crippen molar-refractivity contribution in [2.24, 2.45) is 0 Å². The third-order valence-corrected chi connectivity index (χ3v) is 3.87. The molecule has 0 radical (unpaired) electrons. The summed E-state index contributed by atoms with van der Waals surface area (Å²) >= 11 is 3.18. The van der Waals surface area contributed by atoms with Gasteiger partial charge in [-0.2, -0.15) is 0 Å². The van der Waals surface area contributed by atoms with Gasteiger partial charge < -0.3 is 5.32 Å². The van der Waals surface area contributed by atoms with E-state index < -0.39 is 0 Å². The van der Waals surface area contributed by atoms with Crippen LogP contribution in [0.15, 0.2) is 29.8 Å². The number of anilines is 1. The zero-order valence-corrected chi connectivity index (χ0v) is 11.6. The number of rotatable bonds is 5. The number of pyridine rings is 1. The number of thiazole rings is 1. The van der Waals surface area contributed by atoms with Gasteiger partial charge in [-0.05, 0) is 19.1 Å². The van der Waals surface area contributed by atoms with Gasteiger partial charge in [0.25, 0.3) is 0 Å². The molecule has 0 bridgehead atoms. The first-order valence-electron chi connectivity index (χ1n) is 5.43. The minimum Gasteiger partial charge on any atom is -0.310 e. The molecule has 18 heavy (non-hydrogen) atoms. The lowest BCUT2D eigenvalue weighted by Gasteiger charge is -2.02. The summed E-state index contributed by atoms with van der Waals surface area (Å²) < 4.78 is 0. The van der Waals surface area contributed by atoms with Crippen LogP contribution in [-0.4, -0.2) is 21.6 Å². The van der Waals surface area contributed by atoms with E-state index in [2.05, 4.69) is 15.3 Å². The Kier molecular flexibility index (Phi) is 4.72. The van der Waals surface area contributed by atoms with Gasteiger partial charge in [0.2, 0.25) is 5.91 Å². The van der Waals surface area contributed by atoms with Crippen molar-refractivity contribution in [1.82, 2.24) is 9.97 Å². The van der Waals surface area contributed by atoms with Crippen molar-refractivity contribution in [3.63, 3.8) is 0 Å². The number of nitrogens with zero attached hydrogens (tertiary/aromatic N) is 2. The van der Waals surface area contributed by atoms with Gasteiger partial charge in [0, 0.05) is 17.3 Å². The molecule has 2 aromatic rings. The maximum Gasteiger partial charge on any atom is 0.235 e. The van der Waals surface area contributed by atoms with Crippen molar-refractivity contribution in [3.8, 4) is 0 Å². The van der Waals surface area contributed by atoms with Gasteiger partial charge in [-0.15, -0.1) is 23.1 Å². The molecular formula is C12H13N3OS2. The molecule has 4 nitrogen and oxygen atoms in total. The molecule has 94 valence electrons. The SMILES string of the molecule is Cc1nc(CSCC(=O)Nc2ccccn2)cs1. The smallest absolute Gasteiger partial charge is 0.235 e. The monoisotopic (exact) mass is 279 g/mol. The summed E-state index contributed by atoms with van der Waals surface area (Å²) in [6.45, 7) is 1.98. The molecule has 6 heteroatoms. The first-order valence-corrected chi connectivity index (χ1v) is 7.47. The van der Waals surface area contributed by atoms with Gasteiger partial charge in [0.1, 0.15) is 5.82 Å². The Morgan fingerprint density at radius 3 is 3.06 bits per heavy atom. The Hall–Kier alpha value is -1.40. The van der Waals surface area contributed by atoms with E-state index in [0.29, 0.717) is 11.6 Å². The van der Waals surface area contributed by atoms with E-state index >= 15 is 0 Å². The molecule has 0 fully saturated rings. The Labute approximate surface area is 114 Å². The van der Waals surface area contributed by atoms with Crippen LogP contribution in [0.1, 0.15) is 10.7 Å². The van der Waals surface area contributed by atoms with Gasteiger partial charge in [-0.25, -0.2) is 9.97 Å². The predicted molar refractivity (Wildman–Crippen MR) is 75.9 cm³/mol. The average Bonchev–Trinajstić information content (AvgIpc) is 2.76. The summed E-state index contributed by atoms with van der Waals surface area (Å²) in [5.74, 6) is 1.73. The number of aromatic nitrogens is 2. The van der Waals surface area contributed by atoms with Crippen molar-refractivity contribution in [3.05, 3.63) is 40.5 Å². The molecule has 0 saturated heterocycles. The van der Waals surface area contributed by atoms with Gasteiger partial charge in [0.15, 0.2) is 0 Å². The van der Waals surface area contributed by atoms with E-state index in [-0.39, 0.29) is 5.91 Å². The van der Waals surface area contributed by atoms with E-state index in [4.69, 9.17) is 0 Å². The Morgan fingerprint density at radius 1 is 1.50 bits per heavy atom. The third kappa shape index (κ3) is 4.12. The van der Waals surface area contributed by atoms with Crippen LogP contribution in [0.25, 0.3) is 0 Å². The first-order chi connectivity index (χ1) is 8.74. The molecule has 1 amide bonds. The van der Waals surface area contributed by atoms with Crippen LogP contribution in [0, 0.1) is 6.92 Å². The molecule has 2 rings (SSSR count). The number of thioether (sulfide) groups is 1. The zero-order valence-electron chi connectivity index (χ0n) is 9.92. The number of aryl methyl sites for hydroxylation is 1. The van der Waals surface area contributed by atoms with Gasteiger partial charge in [-0.1, -0.05) is 6.07 Å². The second-order valence-electron chi connectivity index (χ2n) is 3.61. The maximum atomic E-state index is 11.6. The molecule has 0 spiro atoms. The van der Waals surface area contributed by atoms with Gasteiger partial charge in [-0.3, -0.25) is 4.79 Å². The third-order valence-electron chi connectivity index (χ3n) is 2.08. The number of amides is 1. The molecule has 0 aromatic carbocycles. The Bertz CT molecular complexity index is 513. The molecule has 2 aromatic heterocycles. The fourth-order valence-corrected chi connectivity index (χ4v) is 2.77. The Morgan fingerprint density at radius 2 is 2.39 bits per heavy atom. The lowest BCUT2D eigenvalue weighted by atomic mass is 10.4. The number of carbonyl (C=O) groups excluding carboxylic acids is 1. The number of hydrogen-bond acceptors (Lipinski definition) is 5. The molecule has 2 heterocycles. The summed E-state index contributed by atoms with van der Waals surface area (Å²) in [6.07, 6.45) is 1.65. The topological polar surface area (TPSA) is 54.9 Å². The Balaban J connectivity index is 1.72. The lowest BCUT2D eigenvalue weighted by Crippen LogP contribution is -2.14. The van der Waals surface area contributed by atoms with Crippen LogP contribution in [0.5, 0.6) is 0 Å². The summed E-state index contributed by atoms with van der Waals surface area (Å²) in [4.78, 5) is 20.0. The largest absolute Gasteiger partial charge is 0.310 e. The molecule has 0 aliphatic heterocycles. The van der Waals surface area contributed by atoms with Crippen molar-refractivity contribution in [2.45, 2.75) is 12.7 Å². The van der Waals surface area contributed by atoms with E-state index in [1.165, 1.54) is 0 Å². The van der Waals surface area contributed by atoms with Crippen molar-refractivity contribution in [2.75, 3.05) is 11.1 Å². The van der Waals surface area contributed by atoms with Crippen molar-refractivity contribution >= 4 is 34.8 Å².